The Morgan fingerprint density at radius 2 is 0.952 bits per heavy atom. The Balaban J connectivity index is 1.74. The second-order valence-electron chi connectivity index (χ2n) is 11.4. The molecule has 2 heterocycles. The van der Waals surface area contributed by atoms with E-state index in [1.807, 2.05) is 93.6 Å². The summed E-state index contributed by atoms with van der Waals surface area (Å²) in [7, 11) is 0. The standard InChI is InChI=1S/C35H37O5PS/c1-5-26(2)38-41(42)39-34(27-18-10-6-11-19-27,28-20-12-7-13-21-28)31-32(37-33(3,4)36-31)35(40-41,29-22-14-8-15-23-29)30-24-16-9-17-25-30/h6-26,31-32H,5H2,1-4H3/t26-,31-,32-/m1/s1. The van der Waals surface area contributed by atoms with Crippen molar-refractivity contribution in [2.24, 2.45) is 0 Å². The Morgan fingerprint density at radius 3 is 1.24 bits per heavy atom. The molecule has 218 valence electrons. The molecule has 0 N–H and O–H groups in total. The highest BCUT2D eigenvalue weighted by molar-refractivity contribution is 8.07. The summed E-state index contributed by atoms with van der Waals surface area (Å²) < 4.78 is 35.3. The van der Waals surface area contributed by atoms with Gasteiger partial charge in [0.1, 0.15) is 12.2 Å². The van der Waals surface area contributed by atoms with E-state index in [0.717, 1.165) is 28.7 Å². The van der Waals surface area contributed by atoms with E-state index in [2.05, 4.69) is 55.5 Å². The van der Waals surface area contributed by atoms with Gasteiger partial charge >= 0.3 is 6.72 Å². The third kappa shape index (κ3) is 5.10. The first-order chi connectivity index (χ1) is 20.2. The lowest BCUT2D eigenvalue weighted by molar-refractivity contribution is -0.177. The first-order valence-corrected chi connectivity index (χ1v) is 17.1. The quantitative estimate of drug-likeness (QED) is 0.198. The SMILES string of the molecule is CC[C@@H](C)OP1(=S)OC(c2ccccc2)(c2ccccc2)[C@@H]2OC(C)(C)O[C@H]2C(c2ccccc2)(c2ccccc2)O1. The molecule has 4 aromatic rings. The van der Waals surface area contributed by atoms with Crippen molar-refractivity contribution >= 4 is 18.5 Å². The minimum atomic E-state index is -3.56. The fraction of sp³-hybridized carbons (Fsp3) is 0.314. The van der Waals surface area contributed by atoms with E-state index < -0.39 is 35.9 Å². The molecular weight excluding hydrogens is 563 g/mol. The van der Waals surface area contributed by atoms with Gasteiger partial charge in [0.15, 0.2) is 17.0 Å². The van der Waals surface area contributed by atoms with Gasteiger partial charge in [-0.3, -0.25) is 9.05 Å². The number of hydrogen-bond donors (Lipinski definition) is 0. The number of fused-ring (bicyclic) bond motifs is 1. The third-order valence-electron chi connectivity index (χ3n) is 8.10. The molecule has 0 saturated carbocycles. The summed E-state index contributed by atoms with van der Waals surface area (Å²) in [6, 6.07) is 40.5. The number of ether oxygens (including phenoxy) is 2. The fourth-order valence-corrected chi connectivity index (χ4v) is 9.31. The number of rotatable bonds is 7. The number of hydrogen-bond acceptors (Lipinski definition) is 6. The third-order valence-corrected chi connectivity index (χ3v) is 10.5. The first kappa shape index (κ1) is 29.4. The molecule has 2 aliphatic rings. The molecule has 2 saturated heterocycles. The van der Waals surface area contributed by atoms with Crippen LogP contribution in [0, 0.1) is 0 Å². The Hall–Kier alpha value is -2.67. The number of benzene rings is 4. The second kappa shape index (κ2) is 11.4. The van der Waals surface area contributed by atoms with Gasteiger partial charge < -0.3 is 14.0 Å². The average Bonchev–Trinajstić information content (AvgIpc) is 3.32. The van der Waals surface area contributed by atoms with Crippen molar-refractivity contribution in [2.75, 3.05) is 0 Å². The van der Waals surface area contributed by atoms with Gasteiger partial charge in [0.25, 0.3) is 0 Å². The molecule has 6 rings (SSSR count). The highest BCUT2D eigenvalue weighted by Gasteiger charge is 2.68. The highest BCUT2D eigenvalue weighted by Crippen LogP contribution is 2.69. The minimum absolute atomic E-state index is 0.208. The van der Waals surface area contributed by atoms with Crippen molar-refractivity contribution in [1.29, 1.82) is 0 Å². The molecule has 5 nitrogen and oxygen atoms in total. The summed E-state index contributed by atoms with van der Waals surface area (Å²) >= 11 is 6.45. The summed E-state index contributed by atoms with van der Waals surface area (Å²) in [5.74, 6) is -0.955. The van der Waals surface area contributed by atoms with Gasteiger partial charge in [-0.2, -0.15) is 0 Å². The molecular formula is C35H37O5PS. The predicted octanol–water partition coefficient (Wildman–Crippen LogP) is 8.48. The van der Waals surface area contributed by atoms with E-state index in [1.54, 1.807) is 0 Å². The fourth-order valence-electron chi connectivity index (χ4n) is 6.11. The average molecular weight is 601 g/mol. The van der Waals surface area contributed by atoms with Crippen molar-refractivity contribution in [1.82, 2.24) is 0 Å². The predicted molar refractivity (Wildman–Crippen MR) is 168 cm³/mol. The van der Waals surface area contributed by atoms with Gasteiger partial charge in [0.05, 0.1) is 6.10 Å². The second-order valence-corrected chi connectivity index (χ2v) is 14.2. The molecule has 2 aliphatic heterocycles. The molecule has 0 amide bonds. The molecule has 2 fully saturated rings. The van der Waals surface area contributed by atoms with Crippen LogP contribution >= 0.6 is 6.72 Å². The van der Waals surface area contributed by atoms with E-state index in [-0.39, 0.29) is 6.10 Å². The molecule has 0 bridgehead atoms. The smallest absolute Gasteiger partial charge is 0.330 e. The molecule has 42 heavy (non-hydrogen) atoms. The minimum Gasteiger partial charge on any atom is -0.341 e. The maximum atomic E-state index is 7.31. The Kier molecular flexibility index (Phi) is 8.01. The summed E-state index contributed by atoms with van der Waals surface area (Å²) in [6.07, 6.45) is -0.822. The lowest BCUT2D eigenvalue weighted by Crippen LogP contribution is -2.53. The molecule has 0 spiro atoms. The van der Waals surface area contributed by atoms with Crippen LogP contribution in [0.2, 0.25) is 0 Å². The van der Waals surface area contributed by atoms with E-state index in [9.17, 15) is 0 Å². The molecule has 0 aliphatic carbocycles. The molecule has 4 aromatic carbocycles. The zero-order valence-corrected chi connectivity index (χ0v) is 26.1. The largest absolute Gasteiger partial charge is 0.341 e. The topological polar surface area (TPSA) is 46.2 Å². The lowest BCUT2D eigenvalue weighted by atomic mass is 9.72. The van der Waals surface area contributed by atoms with Gasteiger partial charge in [-0.15, -0.1) is 0 Å². The molecule has 3 atom stereocenters. The monoisotopic (exact) mass is 600 g/mol. The normalized spacial score (nSPS) is 24.3. The molecule has 0 unspecified atom stereocenters. The summed E-state index contributed by atoms with van der Waals surface area (Å²) in [5.41, 5.74) is 1.11. The molecule has 7 heteroatoms. The van der Waals surface area contributed by atoms with Crippen LogP contribution in [0.25, 0.3) is 0 Å². The van der Waals surface area contributed by atoms with E-state index in [4.69, 9.17) is 34.9 Å². The van der Waals surface area contributed by atoms with Crippen LogP contribution in [-0.4, -0.2) is 24.1 Å². The van der Waals surface area contributed by atoms with Crippen LogP contribution in [0.3, 0.4) is 0 Å². The van der Waals surface area contributed by atoms with E-state index >= 15 is 0 Å². The van der Waals surface area contributed by atoms with Crippen LogP contribution in [0.5, 0.6) is 0 Å². The maximum absolute atomic E-state index is 7.31. The van der Waals surface area contributed by atoms with Crippen molar-refractivity contribution < 1.29 is 23.0 Å². The van der Waals surface area contributed by atoms with E-state index in [1.165, 1.54) is 0 Å². The van der Waals surface area contributed by atoms with Crippen LogP contribution in [0.4, 0.5) is 0 Å². The molecule has 0 radical (unpaired) electrons. The maximum Gasteiger partial charge on any atom is 0.330 e. The summed E-state index contributed by atoms with van der Waals surface area (Å²) in [5, 5.41) is 0. The zero-order chi connectivity index (χ0) is 29.4. The van der Waals surface area contributed by atoms with Gasteiger partial charge in [0.2, 0.25) is 0 Å². The van der Waals surface area contributed by atoms with Gasteiger partial charge in [0, 0.05) is 0 Å². The van der Waals surface area contributed by atoms with Crippen LogP contribution < -0.4 is 0 Å². The summed E-state index contributed by atoms with van der Waals surface area (Å²) in [4.78, 5) is 0. The highest BCUT2D eigenvalue weighted by atomic mass is 32.5. The lowest BCUT2D eigenvalue weighted by Gasteiger charge is -2.41. The van der Waals surface area contributed by atoms with Gasteiger partial charge in [-0.25, -0.2) is 0 Å². The van der Waals surface area contributed by atoms with Gasteiger partial charge in [-0.1, -0.05) is 128 Å². The Labute approximate surface area is 254 Å². The summed E-state index contributed by atoms with van der Waals surface area (Å²) in [6.45, 7) is 4.39. The van der Waals surface area contributed by atoms with Crippen molar-refractivity contribution in [3.63, 3.8) is 0 Å². The van der Waals surface area contributed by atoms with Crippen LogP contribution in [-0.2, 0) is 46.1 Å². The van der Waals surface area contributed by atoms with Gasteiger partial charge in [-0.05, 0) is 61.3 Å². The van der Waals surface area contributed by atoms with Crippen LogP contribution in [0.15, 0.2) is 121 Å². The van der Waals surface area contributed by atoms with E-state index in [0.29, 0.717) is 0 Å². The van der Waals surface area contributed by atoms with Crippen molar-refractivity contribution in [3.05, 3.63) is 144 Å². The zero-order valence-electron chi connectivity index (χ0n) is 24.4. The van der Waals surface area contributed by atoms with Crippen molar-refractivity contribution in [3.8, 4) is 0 Å². The Morgan fingerprint density at radius 1 is 0.643 bits per heavy atom. The molecule has 0 aromatic heterocycles. The van der Waals surface area contributed by atoms with Crippen LogP contribution in [0.1, 0.15) is 56.4 Å². The Bertz CT molecular complexity index is 1350. The first-order valence-electron chi connectivity index (χ1n) is 14.5. The van der Waals surface area contributed by atoms with Crippen molar-refractivity contribution in [2.45, 2.75) is 69.4 Å².